The van der Waals surface area contributed by atoms with Crippen molar-refractivity contribution in [3.8, 4) is 0 Å². The Morgan fingerprint density at radius 1 is 1.25 bits per heavy atom. The van der Waals surface area contributed by atoms with Crippen molar-refractivity contribution in [1.82, 2.24) is 14.9 Å². The van der Waals surface area contributed by atoms with Crippen LogP contribution in [0.15, 0.2) is 36.7 Å². The number of amides is 1. The minimum Gasteiger partial charge on any atom is -0.369 e. The van der Waals surface area contributed by atoms with E-state index in [2.05, 4.69) is 14.7 Å². The topological polar surface area (TPSA) is 75.3 Å². The maximum atomic E-state index is 12.3. The third-order valence-electron chi connectivity index (χ3n) is 3.69. The zero-order valence-electron chi connectivity index (χ0n) is 12.2. The van der Waals surface area contributed by atoms with Gasteiger partial charge < -0.3 is 9.72 Å². The first-order chi connectivity index (χ1) is 11.4. The minimum atomic E-state index is -5.23. The zero-order chi connectivity index (χ0) is 17.3. The van der Waals surface area contributed by atoms with E-state index >= 15 is 0 Å². The lowest BCUT2D eigenvalue weighted by Crippen LogP contribution is -2.43. The van der Waals surface area contributed by atoms with Gasteiger partial charge in [0.15, 0.2) is 0 Å². The fourth-order valence-corrected chi connectivity index (χ4v) is 2.64. The van der Waals surface area contributed by atoms with Gasteiger partial charge in [-0.1, -0.05) is 30.3 Å². The van der Waals surface area contributed by atoms with Crippen LogP contribution in [0.3, 0.4) is 0 Å². The van der Waals surface area contributed by atoms with Gasteiger partial charge in [0.25, 0.3) is 0 Å². The second-order valence-electron chi connectivity index (χ2n) is 5.18. The first kappa shape index (κ1) is 16.0. The summed E-state index contributed by atoms with van der Waals surface area (Å²) in [4.78, 5) is 31.2. The molecule has 0 aliphatic carbocycles. The number of aromatic amines is 1. The largest absolute Gasteiger partial charge is 0.491 e. The fraction of sp³-hybridized carbons (Fsp3) is 0.267. The van der Waals surface area contributed by atoms with E-state index in [4.69, 9.17) is 0 Å². The predicted molar refractivity (Wildman–Crippen MR) is 74.8 cm³/mol. The van der Waals surface area contributed by atoms with E-state index in [1.165, 1.54) is 6.33 Å². The zero-order valence-corrected chi connectivity index (χ0v) is 12.2. The third kappa shape index (κ3) is 2.97. The van der Waals surface area contributed by atoms with Gasteiger partial charge in [0, 0.05) is 18.7 Å². The molecule has 2 heterocycles. The van der Waals surface area contributed by atoms with Crippen LogP contribution < -0.4 is 0 Å². The molecule has 0 radical (unpaired) electrons. The number of carbonyl (C=O) groups is 2. The molecule has 0 spiro atoms. The molecular weight excluding hydrogens is 327 g/mol. The van der Waals surface area contributed by atoms with Crippen LogP contribution in [-0.4, -0.2) is 39.7 Å². The molecule has 9 heteroatoms. The molecule has 0 saturated carbocycles. The summed E-state index contributed by atoms with van der Waals surface area (Å²) in [5.74, 6) is -2.54. The second kappa shape index (κ2) is 5.99. The van der Waals surface area contributed by atoms with Gasteiger partial charge in [-0.3, -0.25) is 4.90 Å². The molecule has 24 heavy (non-hydrogen) atoms. The minimum absolute atomic E-state index is 0.0960. The molecule has 0 fully saturated rings. The third-order valence-corrected chi connectivity index (χ3v) is 3.69. The van der Waals surface area contributed by atoms with Crippen LogP contribution in [0.25, 0.3) is 0 Å². The van der Waals surface area contributed by atoms with Crippen LogP contribution in [0.5, 0.6) is 0 Å². The van der Waals surface area contributed by atoms with Crippen molar-refractivity contribution in [2.75, 3.05) is 6.54 Å². The molecular formula is C15H12F3N3O3. The first-order valence-corrected chi connectivity index (χ1v) is 7.04. The molecule has 1 N–H and O–H groups in total. The summed E-state index contributed by atoms with van der Waals surface area (Å²) in [6, 6.07) is 7.96. The van der Waals surface area contributed by atoms with E-state index < -0.39 is 24.3 Å². The molecule has 3 rings (SSSR count). The molecule has 126 valence electrons. The molecule has 1 aromatic carbocycles. The number of benzene rings is 1. The van der Waals surface area contributed by atoms with Crippen molar-refractivity contribution in [3.05, 3.63) is 53.6 Å². The number of fused-ring (bicyclic) bond motifs is 1. The lowest BCUT2D eigenvalue weighted by atomic mass is 9.96. The number of esters is 1. The van der Waals surface area contributed by atoms with Crippen molar-refractivity contribution in [3.63, 3.8) is 0 Å². The Morgan fingerprint density at radius 2 is 1.96 bits per heavy atom. The van der Waals surface area contributed by atoms with Gasteiger partial charge in [0.05, 0.1) is 12.0 Å². The van der Waals surface area contributed by atoms with Gasteiger partial charge in [-0.15, -0.1) is 0 Å². The summed E-state index contributed by atoms with van der Waals surface area (Å²) in [6.07, 6.45) is -4.75. The Morgan fingerprint density at radius 3 is 2.62 bits per heavy atom. The van der Waals surface area contributed by atoms with E-state index in [-0.39, 0.29) is 6.54 Å². The number of H-pyrrole nitrogens is 1. The average Bonchev–Trinajstić information content (AvgIpc) is 3.02. The van der Waals surface area contributed by atoms with Gasteiger partial charge in [-0.05, 0) is 5.56 Å². The van der Waals surface area contributed by atoms with Gasteiger partial charge in [-0.2, -0.15) is 13.2 Å². The fourth-order valence-electron chi connectivity index (χ4n) is 2.64. The highest BCUT2D eigenvalue weighted by Gasteiger charge is 2.44. The number of nitrogens with zero attached hydrogens (tertiary/aromatic N) is 2. The van der Waals surface area contributed by atoms with Crippen LogP contribution in [-0.2, 0) is 16.0 Å². The number of ether oxygens (including phenoxy) is 1. The van der Waals surface area contributed by atoms with Crippen LogP contribution in [0.1, 0.15) is 23.0 Å². The summed E-state index contributed by atoms with van der Waals surface area (Å²) in [5, 5.41) is 0. The van der Waals surface area contributed by atoms with Gasteiger partial charge in [0.1, 0.15) is 6.04 Å². The van der Waals surface area contributed by atoms with Crippen molar-refractivity contribution in [2.45, 2.75) is 18.6 Å². The van der Waals surface area contributed by atoms with Gasteiger partial charge in [-0.25, -0.2) is 14.6 Å². The Labute approximate surface area is 134 Å². The van der Waals surface area contributed by atoms with Crippen molar-refractivity contribution < 1.29 is 27.5 Å². The van der Waals surface area contributed by atoms with E-state index in [9.17, 15) is 22.8 Å². The van der Waals surface area contributed by atoms with Gasteiger partial charge in [0.2, 0.25) is 0 Å². The van der Waals surface area contributed by atoms with Crippen molar-refractivity contribution in [1.29, 1.82) is 0 Å². The van der Waals surface area contributed by atoms with E-state index in [0.717, 1.165) is 10.6 Å². The molecule has 1 aliphatic rings. The lowest BCUT2D eigenvalue weighted by molar-refractivity contribution is -0.194. The Balaban J connectivity index is 1.92. The van der Waals surface area contributed by atoms with Crippen LogP contribution in [0.4, 0.5) is 18.0 Å². The summed E-state index contributed by atoms with van der Waals surface area (Å²) >= 11 is 0. The number of nitrogens with one attached hydrogen (secondary N) is 1. The first-order valence-electron chi connectivity index (χ1n) is 7.04. The second-order valence-corrected chi connectivity index (χ2v) is 5.18. The molecule has 0 bridgehead atoms. The Hall–Kier alpha value is -2.84. The molecule has 2 aromatic rings. The standard InChI is InChI=1S/C15H12F3N3O3/c16-15(17,18)13(22)24-14(23)21-7-6-10-11(20-8-19-10)12(21)9-4-2-1-3-5-9/h1-5,8,12H,6-7H2,(H,19,20). The summed E-state index contributed by atoms with van der Waals surface area (Å²) < 4.78 is 41.0. The molecule has 0 saturated heterocycles. The number of alkyl halides is 3. The molecule has 1 aliphatic heterocycles. The molecule has 1 atom stereocenters. The molecule has 6 nitrogen and oxygen atoms in total. The number of carbonyl (C=O) groups excluding carboxylic acids is 2. The maximum absolute atomic E-state index is 12.3. The van der Waals surface area contributed by atoms with Crippen LogP contribution >= 0.6 is 0 Å². The summed E-state index contributed by atoms with van der Waals surface area (Å²) in [7, 11) is 0. The van der Waals surface area contributed by atoms with Crippen LogP contribution in [0.2, 0.25) is 0 Å². The molecule has 1 aromatic heterocycles. The Bertz CT molecular complexity index is 758. The van der Waals surface area contributed by atoms with E-state index in [1.54, 1.807) is 30.3 Å². The normalized spacial score (nSPS) is 17.3. The quantitative estimate of drug-likeness (QED) is 0.640. The highest BCUT2D eigenvalue weighted by molar-refractivity contribution is 5.88. The number of imidazole rings is 1. The number of halogens is 3. The van der Waals surface area contributed by atoms with E-state index in [0.29, 0.717) is 17.7 Å². The lowest BCUT2D eigenvalue weighted by Gasteiger charge is -2.34. The molecule has 1 unspecified atom stereocenters. The highest BCUT2D eigenvalue weighted by atomic mass is 19.4. The molecule has 1 amide bonds. The number of hydrogen-bond acceptors (Lipinski definition) is 4. The summed E-state index contributed by atoms with van der Waals surface area (Å²) in [6.45, 7) is 0.0960. The number of rotatable bonds is 1. The van der Waals surface area contributed by atoms with Crippen molar-refractivity contribution >= 4 is 12.1 Å². The van der Waals surface area contributed by atoms with E-state index in [1.807, 2.05) is 0 Å². The number of aromatic nitrogens is 2. The SMILES string of the molecule is O=C(OC(=O)C(F)(F)F)N1CCc2[nH]cnc2C1c1ccccc1. The van der Waals surface area contributed by atoms with Gasteiger partial charge >= 0.3 is 18.2 Å². The van der Waals surface area contributed by atoms with Crippen LogP contribution in [0, 0.1) is 0 Å². The van der Waals surface area contributed by atoms with Crippen molar-refractivity contribution in [2.24, 2.45) is 0 Å². The smallest absolute Gasteiger partial charge is 0.369 e. The summed E-state index contributed by atoms with van der Waals surface area (Å²) in [5.41, 5.74) is 1.96. The monoisotopic (exact) mass is 339 g/mol. The number of hydrogen-bond donors (Lipinski definition) is 1. The Kier molecular flexibility index (Phi) is 4.00. The predicted octanol–water partition coefficient (Wildman–Crippen LogP) is 2.58. The maximum Gasteiger partial charge on any atom is 0.491 e. The highest BCUT2D eigenvalue weighted by Crippen LogP contribution is 2.34. The average molecular weight is 339 g/mol.